The summed E-state index contributed by atoms with van der Waals surface area (Å²) in [5, 5.41) is 0. The van der Waals surface area contributed by atoms with Crippen LogP contribution in [0.15, 0.2) is 0 Å². The fourth-order valence-corrected chi connectivity index (χ4v) is 0.431. The van der Waals surface area contributed by atoms with Crippen LogP contribution >= 0.6 is 0 Å². The summed E-state index contributed by atoms with van der Waals surface area (Å²) in [5.41, 5.74) is -0.367. The molecular weight excluding hydrogens is 134 g/mol. The van der Waals surface area contributed by atoms with Crippen molar-refractivity contribution in [3.63, 3.8) is 0 Å². The van der Waals surface area contributed by atoms with Crippen LogP contribution in [0, 0.1) is 0 Å². The minimum absolute atomic E-state index is 0.325. The quantitative estimate of drug-likeness (QED) is 0.482. The van der Waals surface area contributed by atoms with E-state index in [1.807, 2.05) is 20.8 Å². The van der Waals surface area contributed by atoms with Crippen LogP contribution in [0.25, 0.3) is 0 Å². The Morgan fingerprint density at radius 2 is 2.00 bits per heavy atom. The van der Waals surface area contributed by atoms with E-state index < -0.39 is 0 Å². The summed E-state index contributed by atoms with van der Waals surface area (Å²) in [4.78, 5) is 13.0. The van der Waals surface area contributed by atoms with Gasteiger partial charge in [-0.2, -0.15) is 0 Å². The molecule has 0 unspecified atom stereocenters. The highest BCUT2D eigenvalue weighted by Crippen LogP contribution is 2.05. The average Bonchev–Trinajstić information content (AvgIpc) is 1.62. The molecule has 1 N–H and O–H groups in total. The second-order valence-electron chi connectivity index (χ2n) is 2.75. The summed E-state index contributed by atoms with van der Waals surface area (Å²) in [6.07, 6.45) is -0.325. The number of amides is 1. The van der Waals surface area contributed by atoms with Gasteiger partial charge in [0.15, 0.2) is 0 Å². The zero-order valence-corrected chi connectivity index (χ0v) is 8.32. The number of hydrogen-bond acceptors (Lipinski definition) is 2. The fourth-order valence-electron chi connectivity index (χ4n) is 0.329. The van der Waals surface area contributed by atoms with E-state index in [-0.39, 0.29) is 11.7 Å². The van der Waals surface area contributed by atoms with Crippen LogP contribution in [0.2, 0.25) is 0 Å². The average molecular weight is 147 g/mol. The SMILES string of the molecule is CC(C)(C)OC(=O)N[SiH3]. The molecule has 0 atom stereocenters. The van der Waals surface area contributed by atoms with Crippen molar-refractivity contribution < 1.29 is 9.53 Å². The van der Waals surface area contributed by atoms with Gasteiger partial charge in [0.25, 0.3) is 0 Å². The molecular formula is C5H13NO2Si. The summed E-state index contributed by atoms with van der Waals surface area (Å²) in [6, 6.07) is 0. The molecule has 0 saturated heterocycles. The third kappa shape index (κ3) is 5.36. The summed E-state index contributed by atoms with van der Waals surface area (Å²) in [6.45, 7) is 5.51. The Kier molecular flexibility index (Phi) is 2.70. The van der Waals surface area contributed by atoms with Crippen LogP contribution in [0.5, 0.6) is 0 Å². The standard InChI is InChI=1S/C5H13NO2Si/c1-5(2,3)8-4(7)6-9/h1-3,9H3,(H,6,7). The van der Waals surface area contributed by atoms with Gasteiger partial charge in [-0.15, -0.1) is 0 Å². The number of nitrogens with one attached hydrogen (secondary N) is 1. The lowest BCUT2D eigenvalue weighted by Crippen LogP contribution is -2.30. The number of carbonyl (C=O) groups is 1. The first-order valence-electron chi connectivity index (χ1n) is 2.86. The zero-order valence-electron chi connectivity index (χ0n) is 6.32. The second kappa shape index (κ2) is 2.86. The third-order valence-corrected chi connectivity index (χ3v) is 1.01. The molecule has 1 amide bonds. The largest absolute Gasteiger partial charge is 0.444 e. The molecule has 0 aromatic carbocycles. The topological polar surface area (TPSA) is 38.3 Å². The van der Waals surface area contributed by atoms with E-state index in [9.17, 15) is 4.79 Å². The third-order valence-electron chi connectivity index (χ3n) is 0.603. The van der Waals surface area contributed by atoms with Crippen molar-refractivity contribution in [1.29, 1.82) is 0 Å². The molecule has 3 nitrogen and oxygen atoms in total. The van der Waals surface area contributed by atoms with Gasteiger partial charge in [0.2, 0.25) is 0 Å². The van der Waals surface area contributed by atoms with Crippen LogP contribution in [-0.4, -0.2) is 22.1 Å². The van der Waals surface area contributed by atoms with Gasteiger partial charge in [0.1, 0.15) is 16.0 Å². The Morgan fingerprint density at radius 1 is 1.56 bits per heavy atom. The first-order valence-corrected chi connectivity index (χ1v) is 3.86. The highest BCUT2D eigenvalue weighted by Gasteiger charge is 2.13. The molecule has 0 spiro atoms. The summed E-state index contributed by atoms with van der Waals surface area (Å²) in [5.74, 6) is 0. The Hall–Kier alpha value is -0.513. The first kappa shape index (κ1) is 8.49. The fraction of sp³-hybridized carbons (Fsp3) is 0.800. The maximum absolute atomic E-state index is 10.5. The van der Waals surface area contributed by atoms with Crippen molar-refractivity contribution in [3.8, 4) is 0 Å². The lowest BCUT2D eigenvalue weighted by molar-refractivity contribution is 0.0570. The van der Waals surface area contributed by atoms with Crippen molar-refractivity contribution >= 4 is 16.5 Å². The molecule has 0 bridgehead atoms. The molecule has 0 radical (unpaired) electrons. The highest BCUT2D eigenvalue weighted by atomic mass is 28.2. The van der Waals surface area contributed by atoms with E-state index in [0.717, 1.165) is 0 Å². The molecule has 0 aromatic rings. The zero-order chi connectivity index (χ0) is 7.49. The van der Waals surface area contributed by atoms with Crippen LogP contribution in [-0.2, 0) is 4.74 Å². The van der Waals surface area contributed by atoms with Gasteiger partial charge in [-0.05, 0) is 20.8 Å². The van der Waals surface area contributed by atoms with Gasteiger partial charge >= 0.3 is 6.09 Å². The van der Waals surface area contributed by atoms with Gasteiger partial charge in [-0.1, -0.05) is 0 Å². The Bertz CT molecular complexity index is 108. The van der Waals surface area contributed by atoms with Crippen molar-refractivity contribution in [1.82, 2.24) is 4.98 Å². The Morgan fingerprint density at radius 3 is 2.11 bits per heavy atom. The summed E-state index contributed by atoms with van der Waals surface area (Å²) < 4.78 is 4.87. The van der Waals surface area contributed by atoms with Crippen LogP contribution in [0.3, 0.4) is 0 Å². The number of rotatable bonds is 0. The minimum Gasteiger partial charge on any atom is -0.444 e. The lowest BCUT2D eigenvalue weighted by atomic mass is 10.2. The summed E-state index contributed by atoms with van der Waals surface area (Å²) in [7, 11) is 0.642. The monoisotopic (exact) mass is 147 g/mol. The number of carbonyl (C=O) groups excluding carboxylic acids is 1. The molecule has 0 aliphatic heterocycles. The molecule has 0 aliphatic carbocycles. The molecule has 0 heterocycles. The van der Waals surface area contributed by atoms with E-state index in [1.165, 1.54) is 0 Å². The van der Waals surface area contributed by atoms with Gasteiger partial charge < -0.3 is 9.72 Å². The molecule has 0 fully saturated rings. The van der Waals surface area contributed by atoms with Crippen molar-refractivity contribution in [2.45, 2.75) is 26.4 Å². The van der Waals surface area contributed by atoms with E-state index in [1.54, 1.807) is 0 Å². The Labute approximate surface area is 58.3 Å². The van der Waals surface area contributed by atoms with E-state index in [2.05, 4.69) is 4.98 Å². The van der Waals surface area contributed by atoms with E-state index >= 15 is 0 Å². The minimum atomic E-state index is -0.367. The number of ether oxygens (including phenoxy) is 1. The maximum atomic E-state index is 10.5. The van der Waals surface area contributed by atoms with E-state index in [4.69, 9.17) is 4.74 Å². The van der Waals surface area contributed by atoms with Crippen LogP contribution < -0.4 is 4.98 Å². The van der Waals surface area contributed by atoms with Gasteiger partial charge in [0, 0.05) is 0 Å². The first-order chi connectivity index (χ1) is 3.95. The molecule has 0 aliphatic rings. The maximum Gasteiger partial charge on any atom is 0.398 e. The predicted molar refractivity (Wildman–Crippen MR) is 39.3 cm³/mol. The van der Waals surface area contributed by atoms with Crippen molar-refractivity contribution in [2.24, 2.45) is 0 Å². The van der Waals surface area contributed by atoms with E-state index in [0.29, 0.717) is 10.4 Å². The van der Waals surface area contributed by atoms with Crippen molar-refractivity contribution in [2.75, 3.05) is 0 Å². The second-order valence-corrected chi connectivity index (χ2v) is 3.25. The van der Waals surface area contributed by atoms with Gasteiger partial charge in [-0.3, -0.25) is 0 Å². The predicted octanol–water partition coefficient (Wildman–Crippen LogP) is -0.208. The molecule has 54 valence electrons. The normalized spacial score (nSPS) is 11.0. The molecule has 4 heteroatoms. The van der Waals surface area contributed by atoms with Crippen LogP contribution in [0.1, 0.15) is 20.8 Å². The highest BCUT2D eigenvalue weighted by molar-refractivity contribution is 6.12. The van der Waals surface area contributed by atoms with Crippen molar-refractivity contribution in [3.05, 3.63) is 0 Å². The molecule has 0 aromatic heterocycles. The molecule has 0 rings (SSSR count). The summed E-state index contributed by atoms with van der Waals surface area (Å²) >= 11 is 0. The lowest BCUT2D eigenvalue weighted by Gasteiger charge is -2.18. The van der Waals surface area contributed by atoms with Gasteiger partial charge in [-0.25, -0.2) is 4.79 Å². The molecule has 0 saturated carbocycles. The molecule has 9 heavy (non-hydrogen) atoms. The smallest absolute Gasteiger partial charge is 0.398 e. The number of hydrogen-bond donors (Lipinski definition) is 1. The Balaban J connectivity index is 3.60. The van der Waals surface area contributed by atoms with Crippen LogP contribution in [0.4, 0.5) is 4.79 Å². The van der Waals surface area contributed by atoms with Gasteiger partial charge in [0.05, 0.1) is 0 Å².